The standard InChI is InChI=1S/C20H21NO4S/c1-13-7-8-14(2)18(9-13)26-12-20(24)25-11-19(23)21-17-6-4-5-16(10-17)15(3)22/h4-10H,11-12H2,1-3H3,(H,21,23). The minimum absolute atomic E-state index is 0.0870. The Morgan fingerprint density at radius 1 is 1.08 bits per heavy atom. The van der Waals surface area contributed by atoms with Crippen molar-refractivity contribution in [2.45, 2.75) is 25.7 Å². The van der Waals surface area contributed by atoms with Crippen LogP contribution in [-0.2, 0) is 14.3 Å². The number of amides is 1. The third-order valence-electron chi connectivity index (χ3n) is 3.61. The molecule has 0 spiro atoms. The smallest absolute Gasteiger partial charge is 0.316 e. The molecule has 0 saturated heterocycles. The maximum atomic E-state index is 11.9. The second kappa shape index (κ2) is 9.20. The molecule has 2 aromatic carbocycles. The lowest BCUT2D eigenvalue weighted by atomic mass is 10.1. The van der Waals surface area contributed by atoms with E-state index in [1.165, 1.54) is 18.7 Å². The van der Waals surface area contributed by atoms with E-state index in [-0.39, 0.29) is 18.1 Å². The number of Topliss-reactive ketones (excluding diaryl/α,β-unsaturated/α-hetero) is 1. The van der Waals surface area contributed by atoms with Crippen LogP contribution in [0.5, 0.6) is 0 Å². The first kappa shape index (κ1) is 19.7. The number of ether oxygens (including phenoxy) is 1. The number of nitrogens with one attached hydrogen (secondary N) is 1. The maximum Gasteiger partial charge on any atom is 0.316 e. The molecule has 0 fully saturated rings. The number of hydrogen-bond acceptors (Lipinski definition) is 5. The molecule has 2 rings (SSSR count). The molecule has 0 aliphatic carbocycles. The molecule has 0 atom stereocenters. The molecule has 0 aromatic heterocycles. The van der Waals surface area contributed by atoms with E-state index in [9.17, 15) is 14.4 Å². The number of anilines is 1. The molecular weight excluding hydrogens is 350 g/mol. The largest absolute Gasteiger partial charge is 0.455 e. The molecule has 5 nitrogen and oxygen atoms in total. The van der Waals surface area contributed by atoms with E-state index in [1.807, 2.05) is 32.0 Å². The van der Waals surface area contributed by atoms with Crippen LogP contribution in [0.15, 0.2) is 47.4 Å². The summed E-state index contributed by atoms with van der Waals surface area (Å²) in [4.78, 5) is 36.1. The molecule has 6 heteroatoms. The number of esters is 1. The fourth-order valence-electron chi connectivity index (χ4n) is 2.20. The summed E-state index contributed by atoms with van der Waals surface area (Å²) in [7, 11) is 0. The first-order valence-corrected chi connectivity index (χ1v) is 9.10. The van der Waals surface area contributed by atoms with Crippen LogP contribution in [0.1, 0.15) is 28.4 Å². The Morgan fingerprint density at radius 2 is 1.85 bits per heavy atom. The fraction of sp³-hybridized carbons (Fsp3) is 0.250. The number of benzene rings is 2. The van der Waals surface area contributed by atoms with Gasteiger partial charge in [-0.15, -0.1) is 11.8 Å². The molecule has 0 saturated carbocycles. The summed E-state index contributed by atoms with van der Waals surface area (Å²) < 4.78 is 5.01. The van der Waals surface area contributed by atoms with E-state index in [4.69, 9.17) is 4.74 Å². The number of rotatable bonds is 7. The van der Waals surface area contributed by atoms with Gasteiger partial charge in [0.15, 0.2) is 12.4 Å². The fourth-order valence-corrected chi connectivity index (χ4v) is 3.12. The zero-order chi connectivity index (χ0) is 19.1. The quantitative estimate of drug-likeness (QED) is 0.456. The van der Waals surface area contributed by atoms with Crippen LogP contribution in [0.4, 0.5) is 5.69 Å². The van der Waals surface area contributed by atoms with Crippen molar-refractivity contribution < 1.29 is 19.1 Å². The summed E-state index contributed by atoms with van der Waals surface area (Å²) >= 11 is 1.39. The average molecular weight is 371 g/mol. The van der Waals surface area contributed by atoms with Crippen LogP contribution in [0.2, 0.25) is 0 Å². The lowest BCUT2D eigenvalue weighted by molar-refractivity contribution is -0.144. The summed E-state index contributed by atoms with van der Waals surface area (Å²) in [5.41, 5.74) is 3.21. The van der Waals surface area contributed by atoms with E-state index < -0.39 is 11.9 Å². The lowest BCUT2D eigenvalue weighted by Gasteiger charge is -2.08. The average Bonchev–Trinajstić information content (AvgIpc) is 2.61. The SMILES string of the molecule is CC(=O)c1cccc(NC(=O)COC(=O)CSc2cc(C)ccc2C)c1. The van der Waals surface area contributed by atoms with Gasteiger partial charge in [0.1, 0.15) is 0 Å². The predicted molar refractivity (Wildman–Crippen MR) is 103 cm³/mol. The number of carbonyl (C=O) groups excluding carboxylic acids is 3. The Labute approximate surface area is 157 Å². The molecule has 1 N–H and O–H groups in total. The summed E-state index contributed by atoms with van der Waals surface area (Å²) in [5, 5.41) is 2.61. The van der Waals surface area contributed by atoms with Crippen molar-refractivity contribution in [1.29, 1.82) is 0 Å². The number of carbonyl (C=O) groups is 3. The Bertz CT molecular complexity index is 832. The topological polar surface area (TPSA) is 72.5 Å². The molecule has 1 amide bonds. The van der Waals surface area contributed by atoms with Crippen LogP contribution in [-0.4, -0.2) is 30.0 Å². The molecule has 26 heavy (non-hydrogen) atoms. The van der Waals surface area contributed by atoms with Gasteiger partial charge in [0, 0.05) is 16.1 Å². The normalized spacial score (nSPS) is 10.3. The van der Waals surface area contributed by atoms with E-state index in [0.29, 0.717) is 11.3 Å². The number of aryl methyl sites for hydroxylation is 2. The second-order valence-corrected chi connectivity index (χ2v) is 6.92. The van der Waals surface area contributed by atoms with E-state index in [0.717, 1.165) is 16.0 Å². The van der Waals surface area contributed by atoms with Gasteiger partial charge in [-0.3, -0.25) is 14.4 Å². The maximum absolute atomic E-state index is 11.9. The number of thioether (sulfide) groups is 1. The highest BCUT2D eigenvalue weighted by molar-refractivity contribution is 8.00. The summed E-state index contributed by atoms with van der Waals surface area (Å²) in [5.74, 6) is -0.854. The van der Waals surface area contributed by atoms with Gasteiger partial charge in [-0.2, -0.15) is 0 Å². The zero-order valence-corrected chi connectivity index (χ0v) is 15.8. The van der Waals surface area contributed by atoms with Gasteiger partial charge >= 0.3 is 5.97 Å². The van der Waals surface area contributed by atoms with E-state index in [1.54, 1.807) is 24.3 Å². The minimum Gasteiger partial charge on any atom is -0.455 e. The Hall–Kier alpha value is -2.60. The molecule has 136 valence electrons. The highest BCUT2D eigenvalue weighted by atomic mass is 32.2. The van der Waals surface area contributed by atoms with Crippen molar-refractivity contribution in [3.63, 3.8) is 0 Å². The first-order chi connectivity index (χ1) is 12.3. The van der Waals surface area contributed by atoms with Crippen molar-refractivity contribution in [3.8, 4) is 0 Å². The molecule has 0 aliphatic rings. The minimum atomic E-state index is -0.455. The molecular formula is C20H21NO4S. The molecule has 0 bridgehead atoms. The highest BCUT2D eigenvalue weighted by Gasteiger charge is 2.10. The number of hydrogen-bond donors (Lipinski definition) is 1. The Balaban J connectivity index is 1.80. The van der Waals surface area contributed by atoms with Gasteiger partial charge in [0.2, 0.25) is 0 Å². The number of ketones is 1. The van der Waals surface area contributed by atoms with Gasteiger partial charge in [0.05, 0.1) is 5.75 Å². The van der Waals surface area contributed by atoms with Gasteiger partial charge in [-0.25, -0.2) is 0 Å². The van der Waals surface area contributed by atoms with Gasteiger partial charge < -0.3 is 10.1 Å². The third kappa shape index (κ3) is 6.04. The molecule has 0 heterocycles. The van der Waals surface area contributed by atoms with E-state index >= 15 is 0 Å². The van der Waals surface area contributed by atoms with Crippen LogP contribution >= 0.6 is 11.8 Å². The van der Waals surface area contributed by atoms with Gasteiger partial charge in [-0.1, -0.05) is 29.8 Å². The van der Waals surface area contributed by atoms with Crippen molar-refractivity contribution in [2.24, 2.45) is 0 Å². The van der Waals surface area contributed by atoms with Crippen molar-refractivity contribution in [2.75, 3.05) is 17.7 Å². The van der Waals surface area contributed by atoms with Crippen molar-refractivity contribution in [1.82, 2.24) is 0 Å². The van der Waals surface area contributed by atoms with Crippen LogP contribution in [0.25, 0.3) is 0 Å². The van der Waals surface area contributed by atoms with E-state index in [2.05, 4.69) is 5.32 Å². The van der Waals surface area contributed by atoms with Crippen molar-refractivity contribution in [3.05, 3.63) is 59.2 Å². The zero-order valence-electron chi connectivity index (χ0n) is 15.0. The summed E-state index contributed by atoms with van der Waals surface area (Å²) in [6.45, 7) is 5.07. The summed E-state index contributed by atoms with van der Waals surface area (Å²) in [6, 6.07) is 12.6. The Kier molecular flexibility index (Phi) is 6.97. The van der Waals surface area contributed by atoms with Crippen LogP contribution < -0.4 is 5.32 Å². The lowest BCUT2D eigenvalue weighted by Crippen LogP contribution is -2.21. The first-order valence-electron chi connectivity index (χ1n) is 8.11. The monoisotopic (exact) mass is 371 g/mol. The third-order valence-corrected chi connectivity index (χ3v) is 4.74. The summed E-state index contributed by atoms with van der Waals surface area (Å²) in [6.07, 6.45) is 0. The van der Waals surface area contributed by atoms with Gasteiger partial charge in [0.25, 0.3) is 5.91 Å². The molecule has 2 aromatic rings. The van der Waals surface area contributed by atoms with Crippen molar-refractivity contribution >= 4 is 35.1 Å². The Morgan fingerprint density at radius 3 is 2.58 bits per heavy atom. The van der Waals surface area contributed by atoms with Crippen LogP contribution in [0, 0.1) is 13.8 Å². The molecule has 0 unspecified atom stereocenters. The highest BCUT2D eigenvalue weighted by Crippen LogP contribution is 2.23. The van der Waals surface area contributed by atoms with Crippen LogP contribution in [0.3, 0.4) is 0 Å². The molecule has 0 radical (unpaired) electrons. The van der Waals surface area contributed by atoms with Gasteiger partial charge in [-0.05, 0) is 44.5 Å². The second-order valence-electron chi connectivity index (χ2n) is 5.90. The predicted octanol–water partition coefficient (Wildman–Crippen LogP) is 3.78. The molecule has 0 aliphatic heterocycles.